The number of hydrogen-bond donors (Lipinski definition) is 0. The van der Waals surface area contributed by atoms with Gasteiger partial charge in [0.1, 0.15) is 13.2 Å². The Morgan fingerprint density at radius 3 is 0.871 bits per heavy atom. The summed E-state index contributed by atoms with van der Waals surface area (Å²) >= 11 is 0. The van der Waals surface area contributed by atoms with Gasteiger partial charge in [-0.1, -0.05) is 246 Å². The lowest BCUT2D eigenvalue weighted by Gasteiger charge is -2.18. The summed E-state index contributed by atoms with van der Waals surface area (Å²) < 4.78 is 16.8. The highest BCUT2D eigenvalue weighted by molar-refractivity contribution is 5.71. The van der Waals surface area contributed by atoms with Crippen LogP contribution in [-0.2, 0) is 28.6 Å². The standard InChI is InChI=1S/C64H106O6/c1-4-7-10-13-16-19-22-24-26-28-30-32-34-36-38-40-42-45-48-51-54-57-63(66)69-60-61(59-68-62(65)56-53-50-47-44-21-18-15-12-9-6-3)70-64(67)58-55-52-49-46-43-41-39-37-35-33-31-29-27-25-23-20-17-14-11-8-5-2/h7-8,10-11,16-17,19-20,24-27,30-33,36,38,61H,4-6,9,12-15,18,21-23,28-29,34-35,37,39-60H2,1-3H3/b10-7-,11-8-,19-16-,20-17-,26-24-,27-25-,32-30-,33-31-,38-36-. The molecule has 0 amide bonds. The van der Waals surface area contributed by atoms with Crippen molar-refractivity contribution in [3.8, 4) is 0 Å². The number of unbranched alkanes of at least 4 members (excludes halogenated alkanes) is 22. The number of ether oxygens (including phenoxy) is 3. The van der Waals surface area contributed by atoms with Crippen LogP contribution in [-0.4, -0.2) is 37.2 Å². The summed E-state index contributed by atoms with van der Waals surface area (Å²) in [5.41, 5.74) is 0. The monoisotopic (exact) mass is 971 g/mol. The predicted octanol–water partition coefficient (Wildman–Crippen LogP) is 19.5. The minimum Gasteiger partial charge on any atom is -0.462 e. The number of rotatable bonds is 51. The Morgan fingerprint density at radius 2 is 0.557 bits per heavy atom. The van der Waals surface area contributed by atoms with Crippen LogP contribution in [0.1, 0.15) is 258 Å². The molecule has 70 heavy (non-hydrogen) atoms. The largest absolute Gasteiger partial charge is 0.462 e. The van der Waals surface area contributed by atoms with Crippen molar-refractivity contribution in [1.82, 2.24) is 0 Å². The molecule has 0 radical (unpaired) electrons. The fraction of sp³-hybridized carbons (Fsp3) is 0.672. The summed E-state index contributed by atoms with van der Waals surface area (Å²) in [5.74, 6) is -0.915. The first-order valence-electron chi connectivity index (χ1n) is 28.9. The van der Waals surface area contributed by atoms with Crippen LogP contribution in [0.4, 0.5) is 0 Å². The topological polar surface area (TPSA) is 78.9 Å². The van der Waals surface area contributed by atoms with Gasteiger partial charge in [0.25, 0.3) is 0 Å². The van der Waals surface area contributed by atoms with Gasteiger partial charge in [-0.2, -0.15) is 0 Å². The summed E-state index contributed by atoms with van der Waals surface area (Å²) in [4.78, 5) is 38.1. The Bertz CT molecular complexity index is 1440. The zero-order valence-corrected chi connectivity index (χ0v) is 45.5. The van der Waals surface area contributed by atoms with Gasteiger partial charge < -0.3 is 14.2 Å². The first-order valence-corrected chi connectivity index (χ1v) is 28.9. The molecule has 0 saturated carbocycles. The third kappa shape index (κ3) is 55.0. The van der Waals surface area contributed by atoms with Gasteiger partial charge >= 0.3 is 17.9 Å². The molecule has 0 aromatic carbocycles. The molecule has 0 heterocycles. The molecule has 0 bridgehead atoms. The van der Waals surface area contributed by atoms with Crippen LogP contribution in [0.5, 0.6) is 0 Å². The molecule has 0 aliphatic carbocycles. The van der Waals surface area contributed by atoms with Crippen molar-refractivity contribution >= 4 is 17.9 Å². The summed E-state index contributed by atoms with van der Waals surface area (Å²) in [6.07, 6.45) is 77.9. The summed E-state index contributed by atoms with van der Waals surface area (Å²) in [7, 11) is 0. The van der Waals surface area contributed by atoms with Crippen LogP contribution in [0.2, 0.25) is 0 Å². The molecule has 6 nitrogen and oxygen atoms in total. The molecular formula is C64H106O6. The highest BCUT2D eigenvalue weighted by Gasteiger charge is 2.19. The van der Waals surface area contributed by atoms with E-state index in [9.17, 15) is 14.4 Å². The summed E-state index contributed by atoms with van der Waals surface area (Å²) in [6.45, 7) is 6.38. The van der Waals surface area contributed by atoms with Gasteiger partial charge in [0.05, 0.1) is 0 Å². The molecule has 0 aliphatic heterocycles. The van der Waals surface area contributed by atoms with Gasteiger partial charge in [0, 0.05) is 19.3 Å². The SMILES string of the molecule is CC/C=C\C/C=C\C/C=C\C/C=C\C/C=C\CCCCCCCC(=O)OCC(COC(=O)CCCCCCCCCCCC)OC(=O)CCCCCCCCCC/C=C\C/C=C\C/C=C\C/C=C\CC. The van der Waals surface area contributed by atoms with E-state index in [0.29, 0.717) is 19.3 Å². The van der Waals surface area contributed by atoms with Crippen LogP contribution >= 0.6 is 0 Å². The molecule has 398 valence electrons. The second-order valence-corrected chi connectivity index (χ2v) is 18.8. The van der Waals surface area contributed by atoms with Crippen molar-refractivity contribution in [3.63, 3.8) is 0 Å². The van der Waals surface area contributed by atoms with E-state index in [2.05, 4.69) is 130 Å². The molecule has 6 heteroatoms. The van der Waals surface area contributed by atoms with E-state index < -0.39 is 6.10 Å². The van der Waals surface area contributed by atoms with Crippen molar-refractivity contribution < 1.29 is 28.6 Å². The van der Waals surface area contributed by atoms with Gasteiger partial charge in [0.15, 0.2) is 6.10 Å². The quantitative estimate of drug-likeness (QED) is 0.0262. The second-order valence-electron chi connectivity index (χ2n) is 18.8. The van der Waals surface area contributed by atoms with Crippen molar-refractivity contribution in [2.24, 2.45) is 0 Å². The van der Waals surface area contributed by atoms with E-state index in [-0.39, 0.29) is 31.1 Å². The van der Waals surface area contributed by atoms with Crippen LogP contribution in [0, 0.1) is 0 Å². The van der Waals surface area contributed by atoms with E-state index in [1.165, 1.54) is 77.0 Å². The fourth-order valence-corrected chi connectivity index (χ4v) is 7.75. The van der Waals surface area contributed by atoms with Gasteiger partial charge in [0.2, 0.25) is 0 Å². The van der Waals surface area contributed by atoms with Crippen molar-refractivity contribution in [2.45, 2.75) is 264 Å². The van der Waals surface area contributed by atoms with E-state index in [4.69, 9.17) is 14.2 Å². The maximum atomic E-state index is 12.9. The zero-order chi connectivity index (χ0) is 50.7. The molecule has 0 saturated heterocycles. The van der Waals surface area contributed by atoms with Gasteiger partial charge in [-0.25, -0.2) is 0 Å². The van der Waals surface area contributed by atoms with Crippen LogP contribution in [0.25, 0.3) is 0 Å². The molecule has 0 aliphatic rings. The lowest BCUT2D eigenvalue weighted by molar-refractivity contribution is -0.167. The third-order valence-corrected chi connectivity index (χ3v) is 12.0. The number of carbonyl (C=O) groups is 3. The Labute approximate surface area is 431 Å². The predicted molar refractivity (Wildman–Crippen MR) is 302 cm³/mol. The molecule has 1 unspecified atom stereocenters. The highest BCUT2D eigenvalue weighted by atomic mass is 16.6. The van der Waals surface area contributed by atoms with Gasteiger partial charge in [-0.3, -0.25) is 14.4 Å². The Hall–Kier alpha value is -3.93. The number of carbonyl (C=O) groups excluding carboxylic acids is 3. The van der Waals surface area contributed by atoms with Crippen LogP contribution in [0.3, 0.4) is 0 Å². The molecule has 0 aromatic heterocycles. The van der Waals surface area contributed by atoms with E-state index in [0.717, 1.165) is 141 Å². The van der Waals surface area contributed by atoms with E-state index in [1.54, 1.807) is 0 Å². The average Bonchev–Trinajstić information content (AvgIpc) is 3.36. The third-order valence-electron chi connectivity index (χ3n) is 12.0. The average molecular weight is 972 g/mol. The molecule has 0 rings (SSSR count). The molecule has 0 spiro atoms. The van der Waals surface area contributed by atoms with Crippen molar-refractivity contribution in [1.29, 1.82) is 0 Å². The van der Waals surface area contributed by atoms with E-state index >= 15 is 0 Å². The maximum absolute atomic E-state index is 12.9. The van der Waals surface area contributed by atoms with Gasteiger partial charge in [-0.15, -0.1) is 0 Å². The minimum absolute atomic E-state index is 0.0875. The fourth-order valence-electron chi connectivity index (χ4n) is 7.75. The molecule has 0 fully saturated rings. The number of esters is 3. The molecule has 1 atom stereocenters. The minimum atomic E-state index is -0.791. The summed E-state index contributed by atoms with van der Waals surface area (Å²) in [5, 5.41) is 0. The molecule has 0 N–H and O–H groups in total. The van der Waals surface area contributed by atoms with Crippen molar-refractivity contribution in [2.75, 3.05) is 13.2 Å². The Morgan fingerprint density at radius 1 is 0.300 bits per heavy atom. The smallest absolute Gasteiger partial charge is 0.306 e. The molecule has 0 aromatic rings. The Balaban J connectivity index is 4.37. The van der Waals surface area contributed by atoms with Crippen molar-refractivity contribution in [3.05, 3.63) is 109 Å². The summed E-state index contributed by atoms with van der Waals surface area (Å²) in [6, 6.07) is 0. The highest BCUT2D eigenvalue weighted by Crippen LogP contribution is 2.15. The zero-order valence-electron chi connectivity index (χ0n) is 45.5. The van der Waals surface area contributed by atoms with Gasteiger partial charge in [-0.05, 0) is 103 Å². The number of allylic oxidation sites excluding steroid dienone is 18. The lowest BCUT2D eigenvalue weighted by atomic mass is 10.1. The lowest BCUT2D eigenvalue weighted by Crippen LogP contribution is -2.30. The second kappa shape index (κ2) is 57.6. The normalized spacial score (nSPS) is 12.9. The van der Waals surface area contributed by atoms with Crippen LogP contribution < -0.4 is 0 Å². The Kier molecular flexibility index (Phi) is 54.4. The molecular weight excluding hydrogens is 865 g/mol. The number of hydrogen-bond acceptors (Lipinski definition) is 6. The van der Waals surface area contributed by atoms with E-state index in [1.807, 2.05) is 0 Å². The first-order chi connectivity index (χ1) is 34.5. The maximum Gasteiger partial charge on any atom is 0.306 e. The van der Waals surface area contributed by atoms with Crippen LogP contribution in [0.15, 0.2) is 109 Å². The first kappa shape index (κ1) is 66.1.